The highest BCUT2D eigenvalue weighted by molar-refractivity contribution is 5.26. The number of allylic oxidation sites excluding steroid dienone is 3. The Morgan fingerprint density at radius 3 is 2.54 bits per heavy atom. The fourth-order valence-corrected chi connectivity index (χ4v) is 1.56. The van der Waals surface area contributed by atoms with E-state index in [0.29, 0.717) is 5.92 Å². The van der Waals surface area contributed by atoms with E-state index in [1.54, 1.807) is 0 Å². The summed E-state index contributed by atoms with van der Waals surface area (Å²) in [4.78, 5) is 0. The van der Waals surface area contributed by atoms with E-state index in [4.69, 9.17) is 0 Å². The first-order chi connectivity index (χ1) is 6.36. The van der Waals surface area contributed by atoms with Crippen molar-refractivity contribution in [2.45, 2.75) is 12.8 Å². The lowest BCUT2D eigenvalue weighted by Crippen LogP contribution is -2.07. The lowest BCUT2D eigenvalue weighted by atomic mass is 9.85. The van der Waals surface area contributed by atoms with E-state index in [1.807, 2.05) is 0 Å². The van der Waals surface area contributed by atoms with Gasteiger partial charge in [-0.25, -0.2) is 0 Å². The van der Waals surface area contributed by atoms with Crippen LogP contribution in [0.5, 0.6) is 0 Å². The van der Waals surface area contributed by atoms with E-state index in [1.165, 1.54) is 17.6 Å². The number of hydrogen-bond donors (Lipinski definition) is 0. The van der Waals surface area contributed by atoms with Gasteiger partial charge in [0.1, 0.15) is 0 Å². The first-order valence-corrected chi connectivity index (χ1v) is 4.74. The zero-order valence-electron chi connectivity index (χ0n) is 7.74. The fourth-order valence-electron chi connectivity index (χ4n) is 1.56. The van der Waals surface area contributed by atoms with Crippen molar-refractivity contribution in [1.29, 1.82) is 0 Å². The van der Waals surface area contributed by atoms with Gasteiger partial charge in [-0.05, 0) is 18.4 Å². The molecule has 0 fully saturated rings. The van der Waals surface area contributed by atoms with Gasteiger partial charge in [0.25, 0.3) is 0 Å². The molecule has 1 unspecified atom stereocenters. The van der Waals surface area contributed by atoms with Gasteiger partial charge in [0, 0.05) is 5.92 Å². The SMILES string of the molecule is C=C(Cc1ccccc1)C1C=CC1. The average Bonchev–Trinajstić information content (AvgIpc) is 2.02. The van der Waals surface area contributed by atoms with Crippen molar-refractivity contribution in [3.63, 3.8) is 0 Å². The normalized spacial score (nSPS) is 19.5. The molecule has 0 radical (unpaired) electrons. The number of benzene rings is 1. The molecular formula is C13H14. The van der Waals surface area contributed by atoms with E-state index in [2.05, 4.69) is 49.1 Å². The highest BCUT2D eigenvalue weighted by Gasteiger charge is 2.13. The Hall–Kier alpha value is -1.30. The fraction of sp³-hybridized carbons (Fsp3) is 0.231. The van der Waals surface area contributed by atoms with Crippen LogP contribution in [0.1, 0.15) is 12.0 Å². The molecule has 13 heavy (non-hydrogen) atoms. The second-order valence-electron chi connectivity index (χ2n) is 3.59. The van der Waals surface area contributed by atoms with Crippen molar-refractivity contribution in [1.82, 2.24) is 0 Å². The zero-order valence-corrected chi connectivity index (χ0v) is 7.74. The predicted molar refractivity (Wildman–Crippen MR) is 56.5 cm³/mol. The van der Waals surface area contributed by atoms with Gasteiger partial charge in [-0.1, -0.05) is 54.6 Å². The quantitative estimate of drug-likeness (QED) is 0.610. The van der Waals surface area contributed by atoms with Crippen LogP contribution < -0.4 is 0 Å². The highest BCUT2D eigenvalue weighted by atomic mass is 14.2. The Kier molecular flexibility index (Phi) is 2.31. The second kappa shape index (κ2) is 3.61. The summed E-state index contributed by atoms with van der Waals surface area (Å²) in [6.07, 6.45) is 6.66. The Morgan fingerprint density at radius 1 is 1.31 bits per heavy atom. The third-order valence-electron chi connectivity index (χ3n) is 2.56. The maximum atomic E-state index is 4.12. The summed E-state index contributed by atoms with van der Waals surface area (Å²) < 4.78 is 0. The monoisotopic (exact) mass is 170 g/mol. The van der Waals surface area contributed by atoms with E-state index < -0.39 is 0 Å². The summed E-state index contributed by atoms with van der Waals surface area (Å²) in [5.74, 6) is 0.639. The average molecular weight is 170 g/mol. The predicted octanol–water partition coefficient (Wildman–Crippen LogP) is 3.36. The van der Waals surface area contributed by atoms with Crippen LogP contribution in [0, 0.1) is 5.92 Å². The van der Waals surface area contributed by atoms with Gasteiger partial charge in [0.2, 0.25) is 0 Å². The van der Waals surface area contributed by atoms with E-state index in [-0.39, 0.29) is 0 Å². The first kappa shape index (κ1) is 8.31. The van der Waals surface area contributed by atoms with Gasteiger partial charge >= 0.3 is 0 Å². The van der Waals surface area contributed by atoms with Crippen molar-refractivity contribution in [2.24, 2.45) is 5.92 Å². The molecule has 0 spiro atoms. The van der Waals surface area contributed by atoms with Crippen LogP contribution in [0.15, 0.2) is 54.6 Å². The van der Waals surface area contributed by atoms with Crippen molar-refractivity contribution < 1.29 is 0 Å². The summed E-state index contributed by atoms with van der Waals surface area (Å²) in [7, 11) is 0. The van der Waals surface area contributed by atoms with Gasteiger partial charge in [0.15, 0.2) is 0 Å². The van der Waals surface area contributed by atoms with Crippen LogP contribution in [0.25, 0.3) is 0 Å². The molecular weight excluding hydrogens is 156 g/mol. The van der Waals surface area contributed by atoms with Crippen LogP contribution in [0.4, 0.5) is 0 Å². The third kappa shape index (κ3) is 1.89. The molecule has 0 heteroatoms. The summed E-state index contributed by atoms with van der Waals surface area (Å²) in [5.41, 5.74) is 2.71. The van der Waals surface area contributed by atoms with Crippen LogP contribution >= 0.6 is 0 Å². The van der Waals surface area contributed by atoms with Crippen molar-refractivity contribution in [2.75, 3.05) is 0 Å². The number of rotatable bonds is 3. The molecule has 1 aromatic rings. The topological polar surface area (TPSA) is 0 Å². The van der Waals surface area contributed by atoms with Crippen LogP contribution in [-0.2, 0) is 6.42 Å². The van der Waals surface area contributed by atoms with Gasteiger partial charge in [-0.3, -0.25) is 0 Å². The maximum Gasteiger partial charge on any atom is 0.00119 e. The maximum absolute atomic E-state index is 4.12. The molecule has 0 aliphatic heterocycles. The minimum atomic E-state index is 0.639. The lowest BCUT2D eigenvalue weighted by Gasteiger charge is -2.20. The molecule has 0 bridgehead atoms. The van der Waals surface area contributed by atoms with Crippen molar-refractivity contribution >= 4 is 0 Å². The smallest absolute Gasteiger partial charge is 0.00119 e. The molecule has 0 saturated carbocycles. The Labute approximate surface area is 79.6 Å². The third-order valence-corrected chi connectivity index (χ3v) is 2.56. The van der Waals surface area contributed by atoms with Crippen molar-refractivity contribution in [3.05, 3.63) is 60.2 Å². The highest BCUT2D eigenvalue weighted by Crippen LogP contribution is 2.26. The van der Waals surface area contributed by atoms with Gasteiger partial charge < -0.3 is 0 Å². The van der Waals surface area contributed by atoms with Crippen LogP contribution in [-0.4, -0.2) is 0 Å². The Balaban J connectivity index is 1.98. The minimum Gasteiger partial charge on any atom is -0.0989 e. The van der Waals surface area contributed by atoms with E-state index in [9.17, 15) is 0 Å². The van der Waals surface area contributed by atoms with Gasteiger partial charge in [-0.15, -0.1) is 0 Å². The molecule has 1 aromatic carbocycles. The van der Waals surface area contributed by atoms with Crippen LogP contribution in [0.3, 0.4) is 0 Å². The summed E-state index contributed by atoms with van der Waals surface area (Å²) >= 11 is 0. The first-order valence-electron chi connectivity index (χ1n) is 4.74. The second-order valence-corrected chi connectivity index (χ2v) is 3.59. The largest absolute Gasteiger partial charge is 0.0989 e. The number of hydrogen-bond acceptors (Lipinski definition) is 0. The van der Waals surface area contributed by atoms with Gasteiger partial charge in [-0.2, -0.15) is 0 Å². The molecule has 0 saturated heterocycles. The van der Waals surface area contributed by atoms with E-state index >= 15 is 0 Å². The Bertz CT molecular complexity index is 319. The Morgan fingerprint density at radius 2 is 2.00 bits per heavy atom. The van der Waals surface area contributed by atoms with E-state index in [0.717, 1.165) is 6.42 Å². The summed E-state index contributed by atoms with van der Waals surface area (Å²) in [6.45, 7) is 4.12. The van der Waals surface area contributed by atoms with Crippen molar-refractivity contribution in [3.8, 4) is 0 Å². The van der Waals surface area contributed by atoms with Crippen LogP contribution in [0.2, 0.25) is 0 Å². The lowest BCUT2D eigenvalue weighted by molar-refractivity contribution is 0.694. The zero-order chi connectivity index (χ0) is 9.10. The molecule has 1 atom stereocenters. The molecule has 0 aromatic heterocycles. The molecule has 2 rings (SSSR count). The molecule has 0 amide bonds. The molecule has 0 N–H and O–H groups in total. The summed E-state index contributed by atoms with van der Waals surface area (Å²) in [5, 5.41) is 0. The molecule has 1 aliphatic rings. The minimum absolute atomic E-state index is 0.639. The standard InChI is InChI=1S/C13H14/c1-11(13-8-5-9-13)10-12-6-3-2-4-7-12/h2-8,13H,1,9-10H2. The molecule has 1 aliphatic carbocycles. The van der Waals surface area contributed by atoms with Gasteiger partial charge in [0.05, 0.1) is 0 Å². The molecule has 0 nitrogen and oxygen atoms in total. The molecule has 66 valence electrons. The summed E-state index contributed by atoms with van der Waals surface area (Å²) in [6, 6.07) is 10.5. The molecule has 0 heterocycles.